The molecule has 0 unspecified atom stereocenters. The molecule has 156 valence electrons. The van der Waals surface area contributed by atoms with Crippen molar-refractivity contribution in [2.75, 3.05) is 26.2 Å². The van der Waals surface area contributed by atoms with Gasteiger partial charge >= 0.3 is 12.4 Å². The van der Waals surface area contributed by atoms with Gasteiger partial charge in [-0.2, -0.15) is 39.1 Å². The zero-order chi connectivity index (χ0) is 20.8. The first-order valence-electron chi connectivity index (χ1n) is 7.79. The van der Waals surface area contributed by atoms with E-state index in [0.717, 1.165) is 25.1 Å². The van der Waals surface area contributed by atoms with Gasteiger partial charge in [-0.3, -0.25) is 0 Å². The van der Waals surface area contributed by atoms with E-state index in [9.17, 15) is 34.8 Å². The van der Waals surface area contributed by atoms with Crippen LogP contribution in [0.15, 0.2) is 0 Å². The normalized spacial score (nSPS) is 20.6. The lowest BCUT2D eigenvalue weighted by Crippen LogP contribution is -2.67. The minimum atomic E-state index is -5.71. The Morgan fingerprint density at radius 3 is 1.73 bits per heavy atom. The van der Waals surface area contributed by atoms with Crippen LogP contribution in [0.4, 0.5) is 26.3 Å². The molecule has 12 heteroatoms. The molecule has 0 atom stereocenters. The summed E-state index contributed by atoms with van der Waals surface area (Å²) in [5.74, 6) is 0. The lowest BCUT2D eigenvalue weighted by Gasteiger charge is -2.47. The van der Waals surface area contributed by atoms with Crippen molar-refractivity contribution in [1.82, 2.24) is 9.03 Å². The third-order valence-electron chi connectivity index (χ3n) is 4.12. The van der Waals surface area contributed by atoms with Crippen molar-refractivity contribution in [2.24, 2.45) is 10.8 Å². The Morgan fingerprint density at radius 1 is 0.962 bits per heavy atom. The van der Waals surface area contributed by atoms with Crippen LogP contribution in [0.2, 0.25) is 0 Å². The smallest absolute Gasteiger partial charge is 0.357 e. The molecule has 26 heavy (non-hydrogen) atoms. The van der Waals surface area contributed by atoms with Crippen LogP contribution in [-0.4, -0.2) is 56.9 Å². The average Bonchev–Trinajstić information content (AvgIpc) is 2.62. The lowest BCUT2D eigenvalue weighted by molar-refractivity contribution is -0.413. The highest BCUT2D eigenvalue weighted by Crippen LogP contribution is 2.55. The van der Waals surface area contributed by atoms with Crippen molar-refractivity contribution >= 4 is 10.2 Å². The molecule has 0 aromatic heterocycles. The monoisotopic (exact) mass is 414 g/mol. The highest BCUT2D eigenvalue weighted by Gasteiger charge is 2.77. The number of halogens is 6. The predicted octanol–water partition coefficient (Wildman–Crippen LogP) is 3.09. The van der Waals surface area contributed by atoms with E-state index in [4.69, 9.17) is 0 Å². The summed E-state index contributed by atoms with van der Waals surface area (Å²) in [4.78, 5) is 0. The first-order chi connectivity index (χ1) is 11.3. The molecular weight excluding hydrogens is 390 g/mol. The second-order valence-corrected chi connectivity index (χ2v) is 9.87. The van der Waals surface area contributed by atoms with E-state index in [-0.39, 0.29) is 19.6 Å². The van der Waals surface area contributed by atoms with Crippen molar-refractivity contribution < 1.29 is 39.5 Å². The summed E-state index contributed by atoms with van der Waals surface area (Å²) < 4.78 is 112. The third-order valence-corrected chi connectivity index (χ3v) is 5.68. The molecule has 1 N–H and O–H groups in total. The van der Waals surface area contributed by atoms with Crippen LogP contribution in [0.3, 0.4) is 0 Å². The first kappa shape index (κ1) is 23.4. The largest absolute Gasteiger partial charge is 0.427 e. The fourth-order valence-corrected chi connectivity index (χ4v) is 4.28. The molecule has 0 spiro atoms. The molecule has 0 aromatic rings. The van der Waals surface area contributed by atoms with Gasteiger partial charge in [0.05, 0.1) is 6.61 Å². The van der Waals surface area contributed by atoms with Gasteiger partial charge in [0.1, 0.15) is 0 Å². The van der Waals surface area contributed by atoms with Crippen LogP contribution >= 0.6 is 0 Å². The number of alkyl halides is 6. The molecule has 1 saturated heterocycles. The number of hydrogen-bond donors (Lipinski definition) is 1. The van der Waals surface area contributed by atoms with Crippen LogP contribution in [0.5, 0.6) is 0 Å². The number of nitrogens with one attached hydrogen (secondary N) is 1. The van der Waals surface area contributed by atoms with E-state index < -0.39 is 45.6 Å². The van der Waals surface area contributed by atoms with Gasteiger partial charge in [0.15, 0.2) is 0 Å². The van der Waals surface area contributed by atoms with E-state index in [1.165, 1.54) is 13.8 Å². The topological polar surface area (TPSA) is 58.6 Å². The standard InChI is InChI=1S/C14H24F6N2O3S/c1-10(2,3)12(13(15,16)17,14(18,19)20)25-9-11(4,5)8-22-7-6-21-26(22,23)24/h21H,6-9H2,1-5H3. The summed E-state index contributed by atoms with van der Waals surface area (Å²) in [5, 5.41) is 0. The van der Waals surface area contributed by atoms with Crippen LogP contribution in [-0.2, 0) is 14.9 Å². The van der Waals surface area contributed by atoms with Gasteiger partial charge in [-0.1, -0.05) is 34.6 Å². The molecule has 0 amide bonds. The highest BCUT2D eigenvalue weighted by molar-refractivity contribution is 7.87. The van der Waals surface area contributed by atoms with Gasteiger partial charge in [0, 0.05) is 30.5 Å². The number of rotatable bonds is 5. The SMILES string of the molecule is CC(C)(COC(C(C)(C)C)(C(F)(F)F)C(F)(F)F)CN1CCNS1(=O)=O. The average molecular weight is 414 g/mol. The van der Waals surface area contributed by atoms with E-state index in [1.807, 2.05) is 0 Å². The number of hydrogen-bond acceptors (Lipinski definition) is 3. The van der Waals surface area contributed by atoms with E-state index >= 15 is 0 Å². The van der Waals surface area contributed by atoms with Crippen LogP contribution in [0.25, 0.3) is 0 Å². The minimum Gasteiger partial charge on any atom is -0.357 e. The zero-order valence-corrected chi connectivity index (χ0v) is 16.0. The predicted molar refractivity (Wildman–Crippen MR) is 82.5 cm³/mol. The van der Waals surface area contributed by atoms with Gasteiger partial charge in [-0.25, -0.2) is 4.72 Å². The van der Waals surface area contributed by atoms with Gasteiger partial charge in [-0.05, 0) is 0 Å². The molecule has 0 saturated carbocycles. The Morgan fingerprint density at radius 2 is 1.42 bits per heavy atom. The Bertz CT molecular complexity index is 572. The maximum Gasteiger partial charge on any atom is 0.427 e. The van der Waals surface area contributed by atoms with E-state index in [1.54, 1.807) is 0 Å². The Labute approximate surface area is 149 Å². The Kier molecular flexibility index (Phi) is 6.12. The van der Waals surface area contributed by atoms with Crippen molar-refractivity contribution in [3.05, 3.63) is 0 Å². The quantitative estimate of drug-likeness (QED) is 0.704. The summed E-state index contributed by atoms with van der Waals surface area (Å²) in [6.45, 7) is 4.09. The highest BCUT2D eigenvalue weighted by atomic mass is 32.2. The molecule has 0 aromatic carbocycles. The zero-order valence-electron chi connectivity index (χ0n) is 15.2. The third kappa shape index (κ3) is 4.45. The fraction of sp³-hybridized carbons (Fsp3) is 1.00. The first-order valence-corrected chi connectivity index (χ1v) is 9.23. The maximum atomic E-state index is 13.5. The number of ether oxygens (including phenoxy) is 1. The summed E-state index contributed by atoms with van der Waals surface area (Å²) in [7, 11) is -3.78. The fourth-order valence-electron chi connectivity index (χ4n) is 2.89. The van der Waals surface area contributed by atoms with Crippen LogP contribution in [0, 0.1) is 10.8 Å². The van der Waals surface area contributed by atoms with Crippen molar-refractivity contribution in [1.29, 1.82) is 0 Å². The molecule has 1 rings (SSSR count). The van der Waals surface area contributed by atoms with Crippen molar-refractivity contribution in [3.8, 4) is 0 Å². The molecule has 5 nitrogen and oxygen atoms in total. The molecule has 1 heterocycles. The molecule has 1 fully saturated rings. The molecule has 1 aliphatic heterocycles. The van der Waals surface area contributed by atoms with Gasteiger partial charge in [0.25, 0.3) is 15.8 Å². The second kappa shape index (κ2) is 6.78. The minimum absolute atomic E-state index is 0.0781. The van der Waals surface area contributed by atoms with Gasteiger partial charge in [0.2, 0.25) is 0 Å². The van der Waals surface area contributed by atoms with Crippen molar-refractivity contribution in [2.45, 2.75) is 52.6 Å². The van der Waals surface area contributed by atoms with Crippen LogP contribution in [0.1, 0.15) is 34.6 Å². The maximum absolute atomic E-state index is 13.5. The molecule has 0 radical (unpaired) electrons. The van der Waals surface area contributed by atoms with E-state index in [0.29, 0.717) is 0 Å². The van der Waals surface area contributed by atoms with Gasteiger partial charge in [-0.15, -0.1) is 0 Å². The molecule has 0 aliphatic carbocycles. The van der Waals surface area contributed by atoms with Crippen molar-refractivity contribution in [3.63, 3.8) is 0 Å². The second-order valence-electron chi connectivity index (χ2n) is 8.11. The Hall–Kier alpha value is -0.590. The lowest BCUT2D eigenvalue weighted by atomic mass is 9.74. The molecule has 0 bridgehead atoms. The van der Waals surface area contributed by atoms with Gasteiger partial charge < -0.3 is 4.74 Å². The van der Waals surface area contributed by atoms with Crippen LogP contribution < -0.4 is 4.72 Å². The summed E-state index contributed by atoms with van der Waals surface area (Å²) in [6, 6.07) is 0. The summed E-state index contributed by atoms with van der Waals surface area (Å²) in [5.41, 5.74) is -8.00. The Balaban J connectivity index is 3.13. The molecular formula is C14H24F6N2O3S. The summed E-state index contributed by atoms with van der Waals surface area (Å²) >= 11 is 0. The molecule has 1 aliphatic rings. The van der Waals surface area contributed by atoms with E-state index in [2.05, 4.69) is 9.46 Å². The summed E-state index contributed by atoms with van der Waals surface area (Å²) in [6.07, 6.45) is -11.4. The number of nitrogens with zero attached hydrogens (tertiary/aromatic N) is 1.